The summed E-state index contributed by atoms with van der Waals surface area (Å²) in [4.78, 5) is 0.657. The van der Waals surface area contributed by atoms with E-state index in [9.17, 15) is 13.2 Å². The van der Waals surface area contributed by atoms with E-state index in [1.807, 2.05) is 6.92 Å². The maximum atomic E-state index is 14.0. The van der Waals surface area contributed by atoms with Crippen molar-refractivity contribution in [1.29, 1.82) is 0 Å². The van der Waals surface area contributed by atoms with Gasteiger partial charge in [0.2, 0.25) is 0 Å². The molecule has 0 fully saturated rings. The Morgan fingerprint density at radius 2 is 1.86 bits per heavy atom. The molecule has 1 atom stereocenters. The lowest BCUT2D eigenvalue weighted by Crippen LogP contribution is -2.24. The minimum absolute atomic E-state index is 0.199. The minimum atomic E-state index is -0.937. The Morgan fingerprint density at radius 3 is 2.33 bits per heavy atom. The summed E-state index contributed by atoms with van der Waals surface area (Å²) in [6.45, 7) is 2.51. The van der Waals surface area contributed by atoms with Crippen LogP contribution in [0.3, 0.4) is 0 Å². The first-order valence-electron chi connectivity index (χ1n) is 6.26. The van der Waals surface area contributed by atoms with Gasteiger partial charge < -0.3 is 5.32 Å². The number of nitrogens with one attached hydrogen (secondary N) is 1. The van der Waals surface area contributed by atoms with E-state index < -0.39 is 23.5 Å². The lowest BCUT2D eigenvalue weighted by molar-refractivity contribution is 0.489. The predicted octanol–water partition coefficient (Wildman–Crippen LogP) is 5.67. The lowest BCUT2D eigenvalue weighted by Gasteiger charge is -2.19. The summed E-state index contributed by atoms with van der Waals surface area (Å²) >= 11 is 10.6. The molecule has 1 aromatic carbocycles. The average molecular weight is 399 g/mol. The molecule has 0 aliphatic carbocycles. The SMILES string of the molecule is CCCNC(c1cc(Cl)c(Br)s1)c1c(F)cc(F)cc1F. The van der Waals surface area contributed by atoms with Gasteiger partial charge in [0.05, 0.1) is 14.9 Å². The Hall–Kier alpha value is -0.560. The summed E-state index contributed by atoms with van der Waals surface area (Å²) in [5, 5.41) is 3.55. The molecule has 1 N–H and O–H groups in total. The van der Waals surface area contributed by atoms with Gasteiger partial charge in [-0.15, -0.1) is 11.3 Å². The molecule has 2 rings (SSSR count). The van der Waals surface area contributed by atoms with Gasteiger partial charge >= 0.3 is 0 Å². The zero-order valence-corrected chi connectivity index (χ0v) is 14.2. The van der Waals surface area contributed by atoms with Gasteiger partial charge in [-0.3, -0.25) is 0 Å². The van der Waals surface area contributed by atoms with Crippen molar-refractivity contribution in [2.24, 2.45) is 0 Å². The van der Waals surface area contributed by atoms with Gasteiger partial charge in [-0.1, -0.05) is 18.5 Å². The molecule has 0 bridgehead atoms. The standard InChI is InChI=1S/C14H12BrClF3NS/c1-2-3-20-13(11-6-8(16)14(15)21-11)12-9(18)4-7(17)5-10(12)19/h4-6,13,20H,2-3H2,1H3. The van der Waals surface area contributed by atoms with Crippen molar-refractivity contribution in [3.63, 3.8) is 0 Å². The van der Waals surface area contributed by atoms with Crippen LogP contribution in [0.4, 0.5) is 13.2 Å². The Kier molecular flexibility index (Phi) is 5.71. The summed E-state index contributed by atoms with van der Waals surface area (Å²) in [5.41, 5.74) is -0.199. The molecular formula is C14H12BrClF3NS. The highest BCUT2D eigenvalue weighted by molar-refractivity contribution is 9.11. The van der Waals surface area contributed by atoms with Gasteiger partial charge in [-0.2, -0.15) is 0 Å². The molecule has 2 aromatic rings. The first kappa shape index (κ1) is 16.8. The van der Waals surface area contributed by atoms with E-state index in [4.69, 9.17) is 11.6 Å². The summed E-state index contributed by atoms with van der Waals surface area (Å²) in [6, 6.07) is 2.30. The van der Waals surface area contributed by atoms with Gasteiger partial charge in [0.15, 0.2) is 0 Å². The van der Waals surface area contributed by atoms with Gasteiger partial charge in [0.1, 0.15) is 17.5 Å². The molecule has 7 heteroatoms. The Morgan fingerprint density at radius 1 is 1.24 bits per heavy atom. The van der Waals surface area contributed by atoms with E-state index in [-0.39, 0.29) is 5.56 Å². The molecule has 1 aromatic heterocycles. The molecule has 0 saturated carbocycles. The van der Waals surface area contributed by atoms with Crippen molar-refractivity contribution in [1.82, 2.24) is 5.32 Å². The molecule has 1 unspecified atom stereocenters. The van der Waals surface area contributed by atoms with E-state index in [0.717, 1.165) is 6.42 Å². The van der Waals surface area contributed by atoms with Crippen LogP contribution in [-0.2, 0) is 0 Å². The molecule has 0 saturated heterocycles. The fourth-order valence-corrected chi connectivity index (χ4v) is 3.80. The van der Waals surface area contributed by atoms with Crippen LogP contribution >= 0.6 is 38.9 Å². The summed E-state index contributed by atoms with van der Waals surface area (Å²) in [7, 11) is 0. The normalized spacial score (nSPS) is 12.7. The third kappa shape index (κ3) is 3.80. The van der Waals surface area contributed by atoms with Crippen LogP contribution in [0.25, 0.3) is 0 Å². The highest BCUT2D eigenvalue weighted by Crippen LogP contribution is 2.38. The van der Waals surface area contributed by atoms with Crippen molar-refractivity contribution in [3.05, 3.63) is 54.9 Å². The number of thiophene rings is 1. The van der Waals surface area contributed by atoms with Crippen molar-refractivity contribution >= 4 is 38.9 Å². The summed E-state index contributed by atoms with van der Waals surface area (Å²) < 4.78 is 41.8. The van der Waals surface area contributed by atoms with Crippen molar-refractivity contribution in [2.75, 3.05) is 6.54 Å². The van der Waals surface area contributed by atoms with Gasteiger partial charge in [-0.25, -0.2) is 13.2 Å². The van der Waals surface area contributed by atoms with Gasteiger partial charge in [0, 0.05) is 22.6 Å². The third-order valence-corrected chi connectivity index (χ3v) is 5.42. The Balaban J connectivity index is 2.50. The number of rotatable bonds is 5. The number of hydrogen-bond donors (Lipinski definition) is 1. The lowest BCUT2D eigenvalue weighted by atomic mass is 10.0. The average Bonchev–Trinajstić information content (AvgIpc) is 2.72. The monoisotopic (exact) mass is 397 g/mol. The summed E-state index contributed by atoms with van der Waals surface area (Å²) in [5.74, 6) is -2.77. The molecule has 0 amide bonds. The molecule has 0 aliphatic rings. The second kappa shape index (κ2) is 7.13. The molecule has 21 heavy (non-hydrogen) atoms. The summed E-state index contributed by atoms with van der Waals surface area (Å²) in [6.07, 6.45) is 0.793. The molecule has 0 radical (unpaired) electrons. The smallest absolute Gasteiger partial charge is 0.134 e. The van der Waals surface area contributed by atoms with Crippen LogP contribution in [-0.4, -0.2) is 6.54 Å². The quantitative estimate of drug-likeness (QED) is 0.684. The van der Waals surface area contributed by atoms with E-state index >= 15 is 0 Å². The Bertz CT molecular complexity index is 605. The number of halogens is 5. The van der Waals surface area contributed by atoms with Crippen molar-refractivity contribution in [2.45, 2.75) is 19.4 Å². The van der Waals surface area contributed by atoms with Gasteiger partial charge in [-0.05, 0) is 35.0 Å². The zero-order chi connectivity index (χ0) is 15.6. The van der Waals surface area contributed by atoms with E-state index in [1.54, 1.807) is 6.07 Å². The zero-order valence-electron chi connectivity index (χ0n) is 11.0. The highest BCUT2D eigenvalue weighted by atomic mass is 79.9. The maximum absolute atomic E-state index is 14.0. The topological polar surface area (TPSA) is 12.0 Å². The molecular weight excluding hydrogens is 387 g/mol. The first-order chi connectivity index (χ1) is 9.93. The van der Waals surface area contributed by atoms with Crippen LogP contribution in [0.15, 0.2) is 22.0 Å². The fraction of sp³-hybridized carbons (Fsp3) is 0.286. The van der Waals surface area contributed by atoms with Crippen molar-refractivity contribution in [3.8, 4) is 0 Å². The van der Waals surface area contributed by atoms with Gasteiger partial charge in [0.25, 0.3) is 0 Å². The second-order valence-corrected chi connectivity index (χ2v) is 7.25. The third-order valence-electron chi connectivity index (χ3n) is 2.88. The fourth-order valence-electron chi connectivity index (χ4n) is 1.97. The molecule has 1 nitrogen and oxygen atoms in total. The first-order valence-corrected chi connectivity index (χ1v) is 8.25. The molecule has 114 valence electrons. The number of hydrogen-bond acceptors (Lipinski definition) is 2. The highest BCUT2D eigenvalue weighted by Gasteiger charge is 2.25. The molecule has 0 aliphatic heterocycles. The second-order valence-electron chi connectivity index (χ2n) is 4.44. The predicted molar refractivity (Wildman–Crippen MR) is 83.5 cm³/mol. The maximum Gasteiger partial charge on any atom is 0.134 e. The van der Waals surface area contributed by atoms with E-state index in [1.165, 1.54) is 11.3 Å². The molecule has 1 heterocycles. The van der Waals surface area contributed by atoms with Crippen LogP contribution in [0.1, 0.15) is 29.8 Å². The minimum Gasteiger partial charge on any atom is -0.305 e. The molecule has 0 spiro atoms. The number of benzene rings is 1. The van der Waals surface area contributed by atoms with Crippen LogP contribution in [0.2, 0.25) is 5.02 Å². The van der Waals surface area contributed by atoms with E-state index in [0.29, 0.717) is 32.4 Å². The van der Waals surface area contributed by atoms with Crippen LogP contribution in [0, 0.1) is 17.5 Å². The van der Waals surface area contributed by atoms with Crippen LogP contribution < -0.4 is 5.32 Å². The van der Waals surface area contributed by atoms with Crippen molar-refractivity contribution < 1.29 is 13.2 Å². The largest absolute Gasteiger partial charge is 0.305 e. The van der Waals surface area contributed by atoms with E-state index in [2.05, 4.69) is 21.2 Å². The van der Waals surface area contributed by atoms with Crippen LogP contribution in [0.5, 0.6) is 0 Å². The Labute approximate surface area is 138 Å².